The number of hydrogen-bond donors (Lipinski definition) is 1. The number of nitrogens with one attached hydrogen (secondary N) is 1. The fourth-order valence-corrected chi connectivity index (χ4v) is 3.04. The number of aliphatic imine (C=N–C) groups is 1. The molecule has 3 rings (SSSR count). The van der Waals surface area contributed by atoms with Gasteiger partial charge in [0.15, 0.2) is 11.7 Å². The van der Waals surface area contributed by atoms with E-state index < -0.39 is 5.82 Å². The number of halogens is 2. The molecule has 1 saturated heterocycles. The van der Waals surface area contributed by atoms with Crippen LogP contribution in [0.2, 0.25) is 5.02 Å². The van der Waals surface area contributed by atoms with Gasteiger partial charge in [0.25, 0.3) is 5.91 Å². The highest BCUT2D eigenvalue weighted by Crippen LogP contribution is 2.16. The van der Waals surface area contributed by atoms with Crippen LogP contribution in [0, 0.1) is 5.82 Å². The molecule has 1 aromatic heterocycles. The lowest BCUT2D eigenvalue weighted by Crippen LogP contribution is -2.53. The smallest absolute Gasteiger partial charge is 0.289 e. The molecule has 26 heavy (non-hydrogen) atoms. The van der Waals surface area contributed by atoms with E-state index in [1.807, 2.05) is 0 Å². The molecule has 2 aromatic rings. The van der Waals surface area contributed by atoms with Crippen LogP contribution in [0.25, 0.3) is 0 Å². The van der Waals surface area contributed by atoms with Gasteiger partial charge in [0.2, 0.25) is 0 Å². The Labute approximate surface area is 156 Å². The average molecular weight is 379 g/mol. The van der Waals surface area contributed by atoms with Crippen LogP contribution < -0.4 is 5.32 Å². The summed E-state index contributed by atoms with van der Waals surface area (Å²) in [5, 5.41) is 3.35. The lowest BCUT2D eigenvalue weighted by Gasteiger charge is -2.36. The number of carbonyl (C=O) groups is 1. The van der Waals surface area contributed by atoms with Crippen LogP contribution in [-0.2, 0) is 6.54 Å². The van der Waals surface area contributed by atoms with E-state index in [1.54, 1.807) is 36.2 Å². The summed E-state index contributed by atoms with van der Waals surface area (Å²) in [7, 11) is 1.71. The van der Waals surface area contributed by atoms with Crippen molar-refractivity contribution in [2.24, 2.45) is 4.99 Å². The highest BCUT2D eigenvalue weighted by molar-refractivity contribution is 6.30. The maximum absolute atomic E-state index is 13.2. The first-order valence-corrected chi connectivity index (χ1v) is 8.68. The van der Waals surface area contributed by atoms with Gasteiger partial charge in [-0.25, -0.2) is 4.39 Å². The van der Waals surface area contributed by atoms with Crippen molar-refractivity contribution in [2.45, 2.75) is 6.54 Å². The second-order valence-corrected chi connectivity index (χ2v) is 6.31. The third-order valence-corrected chi connectivity index (χ3v) is 4.53. The maximum atomic E-state index is 13.2. The third kappa shape index (κ3) is 4.16. The van der Waals surface area contributed by atoms with Crippen LogP contribution in [-0.4, -0.2) is 54.9 Å². The normalized spacial score (nSPS) is 15.3. The zero-order valence-corrected chi connectivity index (χ0v) is 15.2. The van der Waals surface area contributed by atoms with Crippen molar-refractivity contribution in [2.75, 3.05) is 33.2 Å². The number of furan rings is 1. The summed E-state index contributed by atoms with van der Waals surface area (Å²) in [5.74, 6) is 0.556. The molecule has 0 spiro atoms. The Morgan fingerprint density at radius 2 is 2.00 bits per heavy atom. The van der Waals surface area contributed by atoms with Crippen molar-refractivity contribution in [3.05, 3.63) is 58.8 Å². The number of benzene rings is 1. The molecule has 0 saturated carbocycles. The molecule has 0 aliphatic carbocycles. The van der Waals surface area contributed by atoms with E-state index in [9.17, 15) is 9.18 Å². The molecule has 0 atom stereocenters. The molecular weight excluding hydrogens is 359 g/mol. The Kier molecular flexibility index (Phi) is 5.78. The van der Waals surface area contributed by atoms with E-state index in [1.165, 1.54) is 12.3 Å². The van der Waals surface area contributed by atoms with Crippen molar-refractivity contribution in [3.8, 4) is 0 Å². The summed E-state index contributed by atoms with van der Waals surface area (Å²) in [6, 6.07) is 8.00. The molecule has 1 N–H and O–H groups in total. The van der Waals surface area contributed by atoms with Crippen LogP contribution in [0.4, 0.5) is 4.39 Å². The van der Waals surface area contributed by atoms with Crippen molar-refractivity contribution < 1.29 is 13.6 Å². The van der Waals surface area contributed by atoms with Gasteiger partial charge < -0.3 is 19.5 Å². The molecule has 0 radical (unpaired) electrons. The largest absolute Gasteiger partial charge is 0.459 e. The van der Waals surface area contributed by atoms with Crippen LogP contribution >= 0.6 is 11.6 Å². The molecule has 6 nitrogen and oxygen atoms in total. The Morgan fingerprint density at radius 3 is 2.62 bits per heavy atom. The van der Waals surface area contributed by atoms with Gasteiger partial charge in [0.05, 0.1) is 11.3 Å². The van der Waals surface area contributed by atoms with Crippen LogP contribution in [0.5, 0.6) is 0 Å². The summed E-state index contributed by atoms with van der Waals surface area (Å²) in [6.07, 6.45) is 1.50. The predicted octanol–water partition coefficient (Wildman–Crippen LogP) is 2.61. The molecule has 1 fully saturated rings. The van der Waals surface area contributed by atoms with Crippen LogP contribution in [0.1, 0.15) is 16.1 Å². The lowest BCUT2D eigenvalue weighted by molar-refractivity contribution is 0.0657. The minimum atomic E-state index is -0.433. The van der Waals surface area contributed by atoms with Crippen molar-refractivity contribution >= 4 is 23.5 Å². The first-order valence-electron chi connectivity index (χ1n) is 8.31. The van der Waals surface area contributed by atoms with Gasteiger partial charge in [-0.3, -0.25) is 9.79 Å². The van der Waals surface area contributed by atoms with Crippen molar-refractivity contribution in [3.63, 3.8) is 0 Å². The zero-order valence-electron chi connectivity index (χ0n) is 14.4. The van der Waals surface area contributed by atoms with Gasteiger partial charge in [-0.2, -0.15) is 0 Å². The minimum absolute atomic E-state index is 0.0986. The van der Waals surface area contributed by atoms with E-state index in [0.29, 0.717) is 38.5 Å². The number of guanidine groups is 1. The number of nitrogens with zero attached hydrogens (tertiary/aromatic N) is 3. The Morgan fingerprint density at radius 1 is 1.27 bits per heavy atom. The van der Waals surface area contributed by atoms with Gasteiger partial charge in [-0.15, -0.1) is 0 Å². The number of carbonyl (C=O) groups excluding carboxylic acids is 1. The Bertz CT molecular complexity index is 786. The fraction of sp³-hybridized carbons (Fsp3) is 0.333. The highest BCUT2D eigenvalue weighted by Gasteiger charge is 2.25. The summed E-state index contributed by atoms with van der Waals surface area (Å²) in [6.45, 7) is 2.98. The van der Waals surface area contributed by atoms with Gasteiger partial charge in [-0.1, -0.05) is 17.7 Å². The van der Waals surface area contributed by atoms with Crippen molar-refractivity contribution in [1.29, 1.82) is 0 Å². The molecule has 2 heterocycles. The van der Waals surface area contributed by atoms with E-state index in [4.69, 9.17) is 16.0 Å². The molecule has 1 aliphatic heterocycles. The summed E-state index contributed by atoms with van der Waals surface area (Å²) in [4.78, 5) is 20.4. The van der Waals surface area contributed by atoms with Crippen LogP contribution in [0.15, 0.2) is 46.0 Å². The SMILES string of the molecule is CN=C(NCc1ccc(F)c(Cl)c1)N1CCN(C(=O)c2ccco2)CC1. The molecule has 1 aliphatic rings. The van der Waals surface area contributed by atoms with Crippen LogP contribution in [0.3, 0.4) is 0 Å². The number of amides is 1. The highest BCUT2D eigenvalue weighted by atomic mass is 35.5. The van der Waals surface area contributed by atoms with E-state index >= 15 is 0 Å². The van der Waals surface area contributed by atoms with E-state index in [2.05, 4.69) is 15.2 Å². The topological polar surface area (TPSA) is 61.1 Å². The summed E-state index contributed by atoms with van der Waals surface area (Å²) < 4.78 is 18.4. The van der Waals surface area contributed by atoms with Gasteiger partial charge >= 0.3 is 0 Å². The number of hydrogen-bond acceptors (Lipinski definition) is 3. The van der Waals surface area contributed by atoms with Crippen molar-refractivity contribution in [1.82, 2.24) is 15.1 Å². The lowest BCUT2D eigenvalue weighted by atomic mass is 10.2. The van der Waals surface area contributed by atoms with E-state index in [-0.39, 0.29) is 10.9 Å². The second-order valence-electron chi connectivity index (χ2n) is 5.91. The fourth-order valence-electron chi connectivity index (χ4n) is 2.84. The summed E-state index contributed by atoms with van der Waals surface area (Å²) in [5.41, 5.74) is 0.865. The molecule has 0 unspecified atom stereocenters. The van der Waals surface area contributed by atoms with Gasteiger partial charge in [0, 0.05) is 39.8 Å². The predicted molar refractivity (Wildman–Crippen MR) is 97.8 cm³/mol. The standard InChI is InChI=1S/C18H20ClFN4O2/c1-21-18(22-12-13-4-5-15(20)14(19)11-13)24-8-6-23(7-9-24)17(25)16-3-2-10-26-16/h2-5,10-11H,6-9,12H2,1H3,(H,21,22). The molecule has 8 heteroatoms. The first kappa shape index (κ1) is 18.3. The molecule has 138 valence electrons. The summed E-state index contributed by atoms with van der Waals surface area (Å²) >= 11 is 5.81. The average Bonchev–Trinajstić information content (AvgIpc) is 3.20. The number of piperazine rings is 1. The molecule has 1 amide bonds. The second kappa shape index (κ2) is 8.23. The minimum Gasteiger partial charge on any atom is -0.459 e. The molecular formula is C18H20ClFN4O2. The zero-order chi connectivity index (χ0) is 18.5. The van der Waals surface area contributed by atoms with Gasteiger partial charge in [-0.05, 0) is 29.8 Å². The molecule has 0 bridgehead atoms. The molecule has 1 aromatic carbocycles. The monoisotopic (exact) mass is 378 g/mol. The quantitative estimate of drug-likeness (QED) is 0.658. The first-order chi connectivity index (χ1) is 12.6. The maximum Gasteiger partial charge on any atom is 0.289 e. The Balaban J connectivity index is 1.53. The number of rotatable bonds is 3. The third-order valence-electron chi connectivity index (χ3n) is 4.24. The Hall–Kier alpha value is -2.54. The van der Waals surface area contributed by atoms with Gasteiger partial charge in [0.1, 0.15) is 5.82 Å². The van der Waals surface area contributed by atoms with E-state index in [0.717, 1.165) is 11.5 Å².